The van der Waals surface area contributed by atoms with E-state index in [4.69, 9.17) is 9.47 Å². The highest BCUT2D eigenvalue weighted by Crippen LogP contribution is 2.30. The van der Waals surface area contributed by atoms with Crippen LogP contribution in [0.1, 0.15) is 5.56 Å². The summed E-state index contributed by atoms with van der Waals surface area (Å²) < 4.78 is 10.5. The molecule has 5 heteroatoms. The number of ether oxygens (including phenoxy) is 2. The van der Waals surface area contributed by atoms with E-state index in [9.17, 15) is 15.3 Å². The van der Waals surface area contributed by atoms with Crippen molar-refractivity contribution in [2.75, 3.05) is 20.3 Å². The highest BCUT2D eigenvalue weighted by molar-refractivity contribution is 5.28. The molecule has 0 amide bonds. The Labute approximate surface area is 106 Å². The van der Waals surface area contributed by atoms with Gasteiger partial charge in [-0.15, -0.1) is 0 Å². The van der Waals surface area contributed by atoms with Crippen molar-refractivity contribution in [1.29, 1.82) is 0 Å². The zero-order chi connectivity index (χ0) is 13.2. The van der Waals surface area contributed by atoms with Crippen LogP contribution in [-0.2, 0) is 11.2 Å². The molecule has 2 rings (SSSR count). The molecule has 5 nitrogen and oxygen atoms in total. The van der Waals surface area contributed by atoms with Gasteiger partial charge >= 0.3 is 0 Å². The first kappa shape index (κ1) is 13.3. The van der Waals surface area contributed by atoms with E-state index in [-0.39, 0.29) is 13.2 Å². The fraction of sp³-hybridized carbons (Fsp3) is 0.538. The van der Waals surface area contributed by atoms with Crippen LogP contribution in [0.5, 0.6) is 5.75 Å². The molecule has 1 aromatic carbocycles. The van der Waals surface area contributed by atoms with Gasteiger partial charge in [-0.3, -0.25) is 0 Å². The molecule has 1 saturated heterocycles. The van der Waals surface area contributed by atoms with Crippen molar-refractivity contribution < 1.29 is 24.8 Å². The molecule has 100 valence electrons. The van der Waals surface area contributed by atoms with E-state index in [1.807, 2.05) is 12.1 Å². The monoisotopic (exact) mass is 254 g/mol. The summed E-state index contributed by atoms with van der Waals surface area (Å²) in [5.41, 5.74) is -0.216. The van der Waals surface area contributed by atoms with Gasteiger partial charge in [0, 0.05) is 6.42 Å². The largest absolute Gasteiger partial charge is 0.497 e. The fourth-order valence-corrected chi connectivity index (χ4v) is 2.22. The van der Waals surface area contributed by atoms with Crippen LogP contribution in [0.4, 0.5) is 0 Å². The lowest BCUT2D eigenvalue weighted by molar-refractivity contribution is -0.0940. The molecule has 0 spiro atoms. The molecule has 3 atom stereocenters. The number of methoxy groups -OCH3 is 1. The average molecular weight is 254 g/mol. The minimum Gasteiger partial charge on any atom is -0.497 e. The summed E-state index contributed by atoms with van der Waals surface area (Å²) in [4.78, 5) is 0. The third-order valence-electron chi connectivity index (χ3n) is 3.38. The summed E-state index contributed by atoms with van der Waals surface area (Å²) in [5, 5.41) is 28.9. The van der Waals surface area contributed by atoms with Crippen LogP contribution in [0.3, 0.4) is 0 Å². The van der Waals surface area contributed by atoms with Crippen LogP contribution in [-0.4, -0.2) is 53.5 Å². The van der Waals surface area contributed by atoms with Crippen LogP contribution in [0.2, 0.25) is 0 Å². The standard InChI is InChI=1S/C13H18O5/c1-17-10-4-2-9(3-5-10)6-13(8-14)12(16)11(15)7-18-13/h2-5,11-12,14-16H,6-8H2,1H3/t11-,12-,13-/m1/s1. The molecule has 18 heavy (non-hydrogen) atoms. The highest BCUT2D eigenvalue weighted by atomic mass is 16.6. The number of aliphatic hydroxyl groups excluding tert-OH is 3. The molecule has 0 aromatic heterocycles. The maximum absolute atomic E-state index is 9.91. The van der Waals surface area contributed by atoms with E-state index in [1.165, 1.54) is 0 Å². The van der Waals surface area contributed by atoms with Crippen molar-refractivity contribution in [3.63, 3.8) is 0 Å². The second-order valence-electron chi connectivity index (χ2n) is 4.57. The molecule has 0 radical (unpaired) electrons. The van der Waals surface area contributed by atoms with Crippen LogP contribution in [0.15, 0.2) is 24.3 Å². The molecule has 0 unspecified atom stereocenters. The molecule has 1 aliphatic heterocycles. The molecular weight excluding hydrogens is 236 g/mol. The molecule has 1 fully saturated rings. The quantitative estimate of drug-likeness (QED) is 0.689. The zero-order valence-corrected chi connectivity index (χ0v) is 10.2. The van der Waals surface area contributed by atoms with Gasteiger partial charge < -0.3 is 24.8 Å². The van der Waals surface area contributed by atoms with Gasteiger partial charge in [0.25, 0.3) is 0 Å². The number of hydrogen-bond donors (Lipinski definition) is 3. The Hall–Kier alpha value is -1.14. The van der Waals surface area contributed by atoms with Crippen molar-refractivity contribution >= 4 is 0 Å². The zero-order valence-electron chi connectivity index (χ0n) is 10.2. The van der Waals surface area contributed by atoms with E-state index in [0.717, 1.165) is 11.3 Å². The topological polar surface area (TPSA) is 79.2 Å². The van der Waals surface area contributed by atoms with E-state index < -0.39 is 17.8 Å². The molecule has 0 aliphatic carbocycles. The first-order valence-electron chi connectivity index (χ1n) is 5.85. The predicted octanol–water partition coefficient (Wildman–Crippen LogP) is -0.279. The lowest BCUT2D eigenvalue weighted by atomic mass is 9.89. The molecule has 1 heterocycles. The summed E-state index contributed by atoms with van der Waals surface area (Å²) in [7, 11) is 1.59. The lowest BCUT2D eigenvalue weighted by Crippen LogP contribution is -2.48. The average Bonchev–Trinajstić information content (AvgIpc) is 2.69. The minimum atomic E-state index is -1.12. The summed E-state index contributed by atoms with van der Waals surface area (Å²) in [6.07, 6.45) is -1.69. The van der Waals surface area contributed by atoms with Crippen molar-refractivity contribution in [3.05, 3.63) is 29.8 Å². The predicted molar refractivity (Wildman–Crippen MR) is 64.5 cm³/mol. The van der Waals surface area contributed by atoms with Gasteiger partial charge in [0.1, 0.15) is 23.6 Å². The van der Waals surface area contributed by atoms with Gasteiger partial charge in [-0.25, -0.2) is 0 Å². The van der Waals surface area contributed by atoms with E-state index in [0.29, 0.717) is 6.42 Å². The highest BCUT2D eigenvalue weighted by Gasteiger charge is 2.48. The fourth-order valence-electron chi connectivity index (χ4n) is 2.22. The molecular formula is C13H18O5. The Kier molecular flexibility index (Phi) is 3.87. The van der Waals surface area contributed by atoms with Gasteiger partial charge in [-0.1, -0.05) is 12.1 Å². The lowest BCUT2D eigenvalue weighted by Gasteiger charge is -2.30. The van der Waals surface area contributed by atoms with Crippen molar-refractivity contribution in [2.24, 2.45) is 0 Å². The third-order valence-corrected chi connectivity index (χ3v) is 3.38. The van der Waals surface area contributed by atoms with Gasteiger partial charge in [0.2, 0.25) is 0 Å². The summed E-state index contributed by atoms with van der Waals surface area (Å²) >= 11 is 0. The second kappa shape index (κ2) is 5.24. The van der Waals surface area contributed by atoms with E-state index in [1.54, 1.807) is 19.2 Å². The molecule has 0 saturated carbocycles. The Bertz CT molecular complexity index is 391. The normalized spacial score (nSPS) is 31.6. The molecule has 3 N–H and O–H groups in total. The van der Waals surface area contributed by atoms with E-state index in [2.05, 4.69) is 0 Å². The first-order valence-corrected chi connectivity index (χ1v) is 5.85. The number of aliphatic hydroxyl groups is 3. The Balaban J connectivity index is 2.15. The van der Waals surface area contributed by atoms with Gasteiger partial charge in [0.15, 0.2) is 0 Å². The van der Waals surface area contributed by atoms with Crippen molar-refractivity contribution in [2.45, 2.75) is 24.2 Å². The number of benzene rings is 1. The number of rotatable bonds is 4. The van der Waals surface area contributed by atoms with E-state index >= 15 is 0 Å². The Morgan fingerprint density at radius 1 is 1.33 bits per heavy atom. The summed E-state index contributed by atoms with van der Waals surface area (Å²) in [6.45, 7) is -0.296. The molecule has 0 bridgehead atoms. The van der Waals surface area contributed by atoms with Crippen LogP contribution in [0.25, 0.3) is 0 Å². The van der Waals surface area contributed by atoms with Gasteiger partial charge in [0.05, 0.1) is 20.3 Å². The van der Waals surface area contributed by atoms with Crippen molar-refractivity contribution in [1.82, 2.24) is 0 Å². The Morgan fingerprint density at radius 2 is 2.00 bits per heavy atom. The van der Waals surface area contributed by atoms with Crippen molar-refractivity contribution in [3.8, 4) is 5.75 Å². The van der Waals surface area contributed by atoms with Gasteiger partial charge in [-0.2, -0.15) is 0 Å². The molecule has 1 aliphatic rings. The smallest absolute Gasteiger partial charge is 0.124 e. The summed E-state index contributed by atoms with van der Waals surface area (Å²) in [6, 6.07) is 7.30. The first-order chi connectivity index (χ1) is 8.61. The SMILES string of the molecule is COc1ccc(C[C@]2(CO)OC[C@@H](O)[C@H]2O)cc1. The maximum atomic E-state index is 9.91. The maximum Gasteiger partial charge on any atom is 0.124 e. The molecule has 1 aromatic rings. The number of hydrogen-bond acceptors (Lipinski definition) is 5. The van der Waals surface area contributed by atoms with Crippen LogP contribution >= 0.6 is 0 Å². The Morgan fingerprint density at radius 3 is 2.44 bits per heavy atom. The summed E-state index contributed by atoms with van der Waals surface area (Å²) in [5.74, 6) is 0.740. The van der Waals surface area contributed by atoms with Gasteiger partial charge in [-0.05, 0) is 17.7 Å². The third kappa shape index (κ3) is 2.35. The van der Waals surface area contributed by atoms with Crippen LogP contribution in [0, 0.1) is 0 Å². The second-order valence-corrected chi connectivity index (χ2v) is 4.57. The van der Waals surface area contributed by atoms with Crippen LogP contribution < -0.4 is 4.74 Å². The minimum absolute atomic E-state index is 0.0396.